The second-order valence-corrected chi connectivity index (χ2v) is 4.41. The number of halogens is 1. The highest BCUT2D eigenvalue weighted by molar-refractivity contribution is 9.10. The van der Waals surface area contributed by atoms with Crippen LogP contribution in [0.4, 0.5) is 0 Å². The summed E-state index contributed by atoms with van der Waals surface area (Å²) in [6, 6.07) is 1.86. The largest absolute Gasteiger partial charge is 0.486 e. The molecule has 0 bridgehead atoms. The molecule has 0 unspecified atom stereocenters. The molecule has 1 aromatic heterocycles. The van der Waals surface area contributed by atoms with Gasteiger partial charge in [0, 0.05) is 10.7 Å². The van der Waals surface area contributed by atoms with Gasteiger partial charge in [0.1, 0.15) is 11.9 Å². The SMILES string of the molecule is O[C@H]1CCC[C@@H]1Oc1cncc(Br)c1. The van der Waals surface area contributed by atoms with E-state index in [4.69, 9.17) is 4.74 Å². The van der Waals surface area contributed by atoms with E-state index in [9.17, 15) is 5.11 Å². The molecule has 1 saturated carbocycles. The van der Waals surface area contributed by atoms with E-state index in [1.807, 2.05) is 6.07 Å². The van der Waals surface area contributed by atoms with Crippen molar-refractivity contribution >= 4 is 15.9 Å². The van der Waals surface area contributed by atoms with E-state index in [0.29, 0.717) is 5.75 Å². The van der Waals surface area contributed by atoms with E-state index < -0.39 is 0 Å². The molecule has 14 heavy (non-hydrogen) atoms. The molecule has 1 aliphatic carbocycles. The number of ether oxygens (including phenoxy) is 1. The highest BCUT2D eigenvalue weighted by Gasteiger charge is 2.26. The molecule has 0 aromatic carbocycles. The lowest BCUT2D eigenvalue weighted by Crippen LogP contribution is -2.25. The van der Waals surface area contributed by atoms with Crippen LogP contribution in [0.5, 0.6) is 5.75 Å². The maximum absolute atomic E-state index is 9.56. The lowest BCUT2D eigenvalue weighted by atomic mass is 10.2. The lowest BCUT2D eigenvalue weighted by molar-refractivity contribution is 0.0601. The number of pyridine rings is 1. The van der Waals surface area contributed by atoms with Gasteiger partial charge in [-0.25, -0.2) is 0 Å². The Labute approximate surface area is 91.2 Å². The fourth-order valence-electron chi connectivity index (χ4n) is 1.68. The highest BCUT2D eigenvalue weighted by atomic mass is 79.9. The molecule has 76 valence electrons. The summed E-state index contributed by atoms with van der Waals surface area (Å²) in [7, 11) is 0. The quantitative estimate of drug-likeness (QED) is 0.883. The third-order valence-corrected chi connectivity index (χ3v) is 2.82. The van der Waals surface area contributed by atoms with E-state index in [0.717, 1.165) is 23.7 Å². The molecule has 1 N–H and O–H groups in total. The first-order chi connectivity index (χ1) is 6.75. The minimum Gasteiger partial charge on any atom is -0.486 e. The van der Waals surface area contributed by atoms with Crippen molar-refractivity contribution in [2.24, 2.45) is 0 Å². The Bertz CT molecular complexity index is 319. The van der Waals surface area contributed by atoms with Gasteiger partial charge in [0.05, 0.1) is 12.3 Å². The summed E-state index contributed by atoms with van der Waals surface area (Å²) >= 11 is 3.32. The van der Waals surface area contributed by atoms with Gasteiger partial charge in [0.15, 0.2) is 0 Å². The zero-order chi connectivity index (χ0) is 9.97. The Morgan fingerprint density at radius 2 is 2.29 bits per heavy atom. The second kappa shape index (κ2) is 4.28. The zero-order valence-electron chi connectivity index (χ0n) is 7.69. The molecule has 1 aromatic rings. The zero-order valence-corrected chi connectivity index (χ0v) is 9.27. The second-order valence-electron chi connectivity index (χ2n) is 3.49. The highest BCUT2D eigenvalue weighted by Crippen LogP contribution is 2.25. The molecule has 0 aliphatic heterocycles. The van der Waals surface area contributed by atoms with Crippen molar-refractivity contribution in [3.8, 4) is 5.75 Å². The fourth-order valence-corrected chi connectivity index (χ4v) is 2.02. The monoisotopic (exact) mass is 257 g/mol. The number of rotatable bonds is 2. The van der Waals surface area contributed by atoms with Gasteiger partial charge in [0.2, 0.25) is 0 Å². The summed E-state index contributed by atoms with van der Waals surface area (Å²) in [4.78, 5) is 4.00. The van der Waals surface area contributed by atoms with Crippen molar-refractivity contribution in [2.75, 3.05) is 0 Å². The summed E-state index contributed by atoms with van der Waals surface area (Å²) < 4.78 is 6.52. The van der Waals surface area contributed by atoms with Crippen LogP contribution in [0, 0.1) is 0 Å². The first kappa shape index (κ1) is 9.93. The van der Waals surface area contributed by atoms with Crippen LogP contribution in [0.1, 0.15) is 19.3 Å². The normalized spacial score (nSPS) is 26.4. The van der Waals surface area contributed by atoms with Crippen molar-refractivity contribution in [1.82, 2.24) is 4.98 Å². The predicted molar refractivity (Wildman–Crippen MR) is 56.2 cm³/mol. The lowest BCUT2D eigenvalue weighted by Gasteiger charge is -2.16. The Balaban J connectivity index is 2.03. The van der Waals surface area contributed by atoms with Gasteiger partial charge in [-0.1, -0.05) is 0 Å². The first-order valence-corrected chi connectivity index (χ1v) is 5.50. The van der Waals surface area contributed by atoms with E-state index >= 15 is 0 Å². The average molecular weight is 258 g/mol. The van der Waals surface area contributed by atoms with Gasteiger partial charge in [-0.05, 0) is 41.3 Å². The summed E-state index contributed by atoms with van der Waals surface area (Å²) in [5.41, 5.74) is 0. The smallest absolute Gasteiger partial charge is 0.139 e. The van der Waals surface area contributed by atoms with Crippen LogP contribution < -0.4 is 4.74 Å². The van der Waals surface area contributed by atoms with Crippen molar-refractivity contribution in [2.45, 2.75) is 31.5 Å². The molecule has 0 saturated heterocycles. The Morgan fingerprint density at radius 3 is 2.93 bits per heavy atom. The van der Waals surface area contributed by atoms with Crippen molar-refractivity contribution in [3.63, 3.8) is 0 Å². The van der Waals surface area contributed by atoms with Crippen LogP contribution in [0.15, 0.2) is 22.9 Å². The minimum atomic E-state index is -0.325. The first-order valence-electron chi connectivity index (χ1n) is 4.71. The van der Waals surface area contributed by atoms with Crippen LogP contribution in [-0.4, -0.2) is 22.3 Å². The number of nitrogens with zero attached hydrogens (tertiary/aromatic N) is 1. The van der Waals surface area contributed by atoms with Gasteiger partial charge in [-0.2, -0.15) is 0 Å². The Hall–Kier alpha value is -0.610. The number of aliphatic hydroxyl groups excluding tert-OH is 1. The molecule has 0 radical (unpaired) electrons. The Kier molecular flexibility index (Phi) is 3.03. The molecule has 2 rings (SSSR count). The number of hydrogen-bond donors (Lipinski definition) is 1. The third kappa shape index (κ3) is 2.25. The molecule has 1 heterocycles. The van der Waals surface area contributed by atoms with Crippen molar-refractivity contribution in [3.05, 3.63) is 22.9 Å². The van der Waals surface area contributed by atoms with Crippen LogP contribution in [0.3, 0.4) is 0 Å². The van der Waals surface area contributed by atoms with Crippen LogP contribution in [0.25, 0.3) is 0 Å². The summed E-state index contributed by atoms with van der Waals surface area (Å²) in [5.74, 6) is 0.713. The van der Waals surface area contributed by atoms with E-state index in [1.54, 1.807) is 12.4 Å². The van der Waals surface area contributed by atoms with Gasteiger partial charge in [-0.15, -0.1) is 0 Å². The van der Waals surface area contributed by atoms with Gasteiger partial charge < -0.3 is 9.84 Å². The summed E-state index contributed by atoms with van der Waals surface area (Å²) in [6.07, 6.45) is 5.78. The van der Waals surface area contributed by atoms with Crippen LogP contribution in [0.2, 0.25) is 0 Å². The fraction of sp³-hybridized carbons (Fsp3) is 0.500. The predicted octanol–water partition coefficient (Wildman–Crippen LogP) is 2.14. The summed E-state index contributed by atoms with van der Waals surface area (Å²) in [6.45, 7) is 0. The van der Waals surface area contributed by atoms with Crippen LogP contribution >= 0.6 is 15.9 Å². The molecule has 1 aliphatic rings. The maximum Gasteiger partial charge on any atom is 0.139 e. The molecule has 2 atom stereocenters. The molecule has 1 fully saturated rings. The van der Waals surface area contributed by atoms with E-state index in [1.165, 1.54) is 0 Å². The van der Waals surface area contributed by atoms with Gasteiger partial charge in [-0.3, -0.25) is 4.98 Å². The third-order valence-electron chi connectivity index (χ3n) is 2.38. The molecule has 3 nitrogen and oxygen atoms in total. The maximum atomic E-state index is 9.56. The molecule has 0 amide bonds. The molecular formula is C10H12BrNO2. The minimum absolute atomic E-state index is 0.0638. The number of aromatic nitrogens is 1. The topological polar surface area (TPSA) is 42.4 Å². The van der Waals surface area contributed by atoms with E-state index in [2.05, 4.69) is 20.9 Å². The van der Waals surface area contributed by atoms with Crippen molar-refractivity contribution < 1.29 is 9.84 Å². The summed E-state index contributed by atoms with van der Waals surface area (Å²) in [5, 5.41) is 9.56. The average Bonchev–Trinajstić information content (AvgIpc) is 2.52. The number of hydrogen-bond acceptors (Lipinski definition) is 3. The van der Waals surface area contributed by atoms with E-state index in [-0.39, 0.29) is 12.2 Å². The van der Waals surface area contributed by atoms with Gasteiger partial charge in [0.25, 0.3) is 0 Å². The Morgan fingerprint density at radius 1 is 1.43 bits per heavy atom. The number of aliphatic hydroxyl groups is 1. The molecule has 4 heteroatoms. The standard InChI is InChI=1S/C10H12BrNO2/c11-7-4-8(6-12-5-7)14-10-3-1-2-9(10)13/h4-6,9-10,13H,1-3H2/t9-,10-/m0/s1. The molecule has 0 spiro atoms. The molecular weight excluding hydrogens is 246 g/mol. The van der Waals surface area contributed by atoms with Crippen molar-refractivity contribution in [1.29, 1.82) is 0 Å². The van der Waals surface area contributed by atoms with Crippen LogP contribution in [-0.2, 0) is 0 Å². The van der Waals surface area contributed by atoms with Gasteiger partial charge >= 0.3 is 0 Å².